The Balaban J connectivity index is 1.95. The molecule has 1 aromatic carbocycles. The van der Waals surface area contributed by atoms with Gasteiger partial charge < -0.3 is 9.84 Å². The Labute approximate surface area is 160 Å². The molecule has 2 rings (SSSR count). The minimum absolute atomic E-state index is 0.104. The van der Waals surface area contributed by atoms with Crippen molar-refractivity contribution in [2.45, 2.75) is 58.9 Å². The van der Waals surface area contributed by atoms with Crippen molar-refractivity contribution >= 4 is 15.9 Å². The number of aromatic nitrogens is 1. The molecule has 0 radical (unpaired) electrons. The number of sulfonamides is 1. The molecule has 7 nitrogen and oxygen atoms in total. The van der Waals surface area contributed by atoms with Crippen LogP contribution in [0.3, 0.4) is 0 Å². The van der Waals surface area contributed by atoms with Gasteiger partial charge in [0.2, 0.25) is 15.9 Å². The number of nitrogens with one attached hydrogen (secondary N) is 2. The summed E-state index contributed by atoms with van der Waals surface area (Å²) >= 11 is 0. The summed E-state index contributed by atoms with van der Waals surface area (Å²) in [6.07, 6.45) is 0.875. The molecule has 8 heteroatoms. The lowest BCUT2D eigenvalue weighted by molar-refractivity contribution is -0.121. The highest BCUT2D eigenvalue weighted by molar-refractivity contribution is 7.88. The first-order valence-electron chi connectivity index (χ1n) is 8.93. The molecular formula is C19H27N3O4S. The fraction of sp³-hybridized carbons (Fsp3) is 0.474. The molecular weight excluding hydrogens is 366 g/mol. The van der Waals surface area contributed by atoms with Gasteiger partial charge in [-0.2, -0.15) is 0 Å². The van der Waals surface area contributed by atoms with Crippen LogP contribution in [0.15, 0.2) is 28.8 Å². The van der Waals surface area contributed by atoms with E-state index in [1.807, 2.05) is 26.0 Å². The van der Waals surface area contributed by atoms with Crippen LogP contribution in [-0.2, 0) is 33.5 Å². The maximum Gasteiger partial charge on any atom is 0.220 e. The summed E-state index contributed by atoms with van der Waals surface area (Å²) in [5.74, 6) is 0.512. The molecule has 0 aliphatic heterocycles. The fourth-order valence-electron chi connectivity index (χ4n) is 2.86. The topological polar surface area (TPSA) is 101 Å². The number of benzene rings is 1. The van der Waals surface area contributed by atoms with E-state index in [1.165, 1.54) is 0 Å². The number of hydrogen-bond donors (Lipinski definition) is 2. The molecule has 0 saturated heterocycles. The Morgan fingerprint density at radius 2 is 1.85 bits per heavy atom. The highest BCUT2D eigenvalue weighted by Gasteiger charge is 2.16. The van der Waals surface area contributed by atoms with Crippen molar-refractivity contribution < 1.29 is 17.7 Å². The average molecular weight is 394 g/mol. The van der Waals surface area contributed by atoms with Gasteiger partial charge in [-0.3, -0.25) is 4.79 Å². The zero-order valence-corrected chi connectivity index (χ0v) is 17.0. The zero-order chi connectivity index (χ0) is 20.0. The summed E-state index contributed by atoms with van der Waals surface area (Å²) in [6.45, 7) is 7.53. The van der Waals surface area contributed by atoms with Gasteiger partial charge in [0.05, 0.1) is 11.4 Å². The first-order valence-corrected chi connectivity index (χ1v) is 10.6. The van der Waals surface area contributed by atoms with E-state index < -0.39 is 10.0 Å². The van der Waals surface area contributed by atoms with Crippen LogP contribution in [0.5, 0.6) is 0 Å². The number of nitrogens with zero attached hydrogens (tertiary/aromatic N) is 1. The zero-order valence-electron chi connectivity index (χ0n) is 16.2. The summed E-state index contributed by atoms with van der Waals surface area (Å²) in [5, 5.41) is 6.75. The van der Waals surface area contributed by atoms with E-state index in [4.69, 9.17) is 4.52 Å². The second kappa shape index (κ2) is 9.14. The van der Waals surface area contributed by atoms with Gasteiger partial charge in [-0.15, -0.1) is 0 Å². The highest BCUT2D eigenvalue weighted by atomic mass is 32.2. The van der Waals surface area contributed by atoms with Crippen molar-refractivity contribution in [1.29, 1.82) is 0 Å². The molecule has 0 unspecified atom stereocenters. The van der Waals surface area contributed by atoms with E-state index >= 15 is 0 Å². The van der Waals surface area contributed by atoms with Crippen molar-refractivity contribution in [2.75, 3.05) is 0 Å². The predicted molar refractivity (Wildman–Crippen MR) is 103 cm³/mol. The molecule has 1 heterocycles. The molecule has 27 heavy (non-hydrogen) atoms. The number of amides is 1. The van der Waals surface area contributed by atoms with Crippen molar-refractivity contribution in [3.05, 3.63) is 52.4 Å². The Bertz CT molecular complexity index is 869. The summed E-state index contributed by atoms with van der Waals surface area (Å²) in [6, 6.07) is 7.06. The fourth-order valence-corrected chi connectivity index (χ4v) is 4.35. The molecule has 2 N–H and O–H groups in total. The minimum atomic E-state index is -3.42. The molecule has 0 aliphatic rings. The molecule has 0 fully saturated rings. The number of carbonyl (C=O) groups excluding carboxylic acids is 1. The van der Waals surface area contributed by atoms with Crippen molar-refractivity contribution in [3.63, 3.8) is 0 Å². The predicted octanol–water partition coefficient (Wildman–Crippen LogP) is 2.37. The van der Waals surface area contributed by atoms with Gasteiger partial charge in [0, 0.05) is 24.6 Å². The molecule has 2 aromatic rings. The van der Waals surface area contributed by atoms with Crippen LogP contribution >= 0.6 is 0 Å². The Kier molecular flexibility index (Phi) is 7.15. The highest BCUT2D eigenvalue weighted by Crippen LogP contribution is 2.15. The molecule has 0 atom stereocenters. The second-order valence-electron chi connectivity index (χ2n) is 6.88. The lowest BCUT2D eigenvalue weighted by Gasteiger charge is -2.13. The van der Waals surface area contributed by atoms with Crippen LogP contribution in [0.2, 0.25) is 0 Å². The molecule has 0 aliphatic carbocycles. The average Bonchev–Trinajstić information content (AvgIpc) is 2.89. The molecule has 1 amide bonds. The third kappa shape index (κ3) is 6.48. The number of aryl methyl sites for hydroxylation is 2. The third-order valence-corrected chi connectivity index (χ3v) is 5.66. The normalized spacial score (nSPS) is 11.7. The van der Waals surface area contributed by atoms with Crippen molar-refractivity contribution in [3.8, 4) is 0 Å². The van der Waals surface area contributed by atoms with E-state index in [9.17, 15) is 13.2 Å². The van der Waals surface area contributed by atoms with Crippen LogP contribution in [0, 0.1) is 13.8 Å². The number of carbonyl (C=O) groups is 1. The van der Waals surface area contributed by atoms with Gasteiger partial charge in [0.25, 0.3) is 0 Å². The molecule has 0 spiro atoms. The summed E-state index contributed by atoms with van der Waals surface area (Å²) in [7, 11) is -3.42. The van der Waals surface area contributed by atoms with Gasteiger partial charge in [-0.25, -0.2) is 13.1 Å². The van der Waals surface area contributed by atoms with Gasteiger partial charge in [-0.1, -0.05) is 29.4 Å². The van der Waals surface area contributed by atoms with E-state index in [-0.39, 0.29) is 24.2 Å². The summed E-state index contributed by atoms with van der Waals surface area (Å²) < 4.78 is 32.0. The quantitative estimate of drug-likeness (QED) is 0.681. The molecule has 148 valence electrons. The van der Waals surface area contributed by atoms with Gasteiger partial charge in [0.15, 0.2) is 0 Å². The largest absolute Gasteiger partial charge is 0.361 e. The Morgan fingerprint density at radius 3 is 2.44 bits per heavy atom. The standard InChI is InChI=1S/C19H27N3O4S/c1-13(2)22-27(24,25)12-17-8-6-5-7-16(17)11-20-19(23)10-9-18-14(3)21-26-15(18)4/h5-8,13,22H,9-12H2,1-4H3,(H,20,23). The lowest BCUT2D eigenvalue weighted by atomic mass is 10.1. The van der Waals surface area contributed by atoms with Crippen LogP contribution < -0.4 is 10.0 Å². The van der Waals surface area contributed by atoms with Crippen LogP contribution in [0.1, 0.15) is 48.4 Å². The van der Waals surface area contributed by atoms with Crippen LogP contribution in [0.4, 0.5) is 0 Å². The first kappa shape index (κ1) is 21.1. The second-order valence-corrected chi connectivity index (χ2v) is 8.63. The lowest BCUT2D eigenvalue weighted by Crippen LogP contribution is -2.32. The van der Waals surface area contributed by atoms with Crippen molar-refractivity contribution in [2.24, 2.45) is 0 Å². The van der Waals surface area contributed by atoms with E-state index in [0.29, 0.717) is 18.4 Å². The minimum Gasteiger partial charge on any atom is -0.361 e. The SMILES string of the molecule is Cc1noc(C)c1CCC(=O)NCc1ccccc1CS(=O)(=O)NC(C)C. The summed E-state index contributed by atoms with van der Waals surface area (Å²) in [4.78, 5) is 12.2. The number of hydrogen-bond acceptors (Lipinski definition) is 5. The first-order chi connectivity index (χ1) is 12.7. The monoisotopic (exact) mass is 393 g/mol. The molecule has 0 bridgehead atoms. The van der Waals surface area contributed by atoms with Gasteiger partial charge >= 0.3 is 0 Å². The number of rotatable bonds is 9. The Morgan fingerprint density at radius 1 is 1.19 bits per heavy atom. The maximum atomic E-state index is 12.2. The van der Waals surface area contributed by atoms with E-state index in [1.54, 1.807) is 26.0 Å². The summed E-state index contributed by atoms with van der Waals surface area (Å²) in [5.41, 5.74) is 3.22. The molecule has 0 saturated carbocycles. The van der Waals surface area contributed by atoms with Gasteiger partial charge in [0.1, 0.15) is 5.76 Å². The third-order valence-electron chi connectivity index (χ3n) is 4.14. The maximum absolute atomic E-state index is 12.2. The Hall–Kier alpha value is -2.19. The van der Waals surface area contributed by atoms with Crippen LogP contribution in [0.25, 0.3) is 0 Å². The van der Waals surface area contributed by atoms with Crippen molar-refractivity contribution in [1.82, 2.24) is 15.2 Å². The van der Waals surface area contributed by atoms with E-state index in [0.717, 1.165) is 22.6 Å². The van der Waals surface area contributed by atoms with Gasteiger partial charge in [-0.05, 0) is 45.2 Å². The smallest absolute Gasteiger partial charge is 0.220 e. The molecule has 1 aromatic heterocycles. The van der Waals surface area contributed by atoms with E-state index in [2.05, 4.69) is 15.2 Å². The van der Waals surface area contributed by atoms with Crippen LogP contribution in [-0.4, -0.2) is 25.5 Å².